The molecule has 9 heteroatoms. The number of hydrogen-bond acceptors (Lipinski definition) is 4. The third-order valence-electron chi connectivity index (χ3n) is 7.32. The molecule has 1 aliphatic rings. The van der Waals surface area contributed by atoms with Crippen LogP contribution in [0.4, 0.5) is 4.79 Å². The molecule has 0 aliphatic carbocycles. The van der Waals surface area contributed by atoms with E-state index >= 15 is 0 Å². The van der Waals surface area contributed by atoms with Crippen molar-refractivity contribution in [2.75, 3.05) is 19.6 Å². The number of alkyl carbamates (subject to hydrolysis) is 1. The van der Waals surface area contributed by atoms with E-state index in [0.717, 1.165) is 45.9 Å². The topological polar surface area (TPSA) is 104 Å². The number of amides is 3. The molecule has 2 heterocycles. The number of fused-ring (bicyclic) bond motifs is 1. The van der Waals surface area contributed by atoms with Crippen LogP contribution in [0.5, 0.6) is 0 Å². The number of ether oxygens (including phenoxy) is 1. The lowest BCUT2D eigenvalue weighted by atomic mass is 9.90. The van der Waals surface area contributed by atoms with Crippen LogP contribution in [0.3, 0.4) is 0 Å². The summed E-state index contributed by atoms with van der Waals surface area (Å²) in [6.07, 6.45) is 2.77. The van der Waals surface area contributed by atoms with Gasteiger partial charge in [-0.25, -0.2) is 4.79 Å². The highest BCUT2D eigenvalue weighted by Crippen LogP contribution is 2.34. The number of carbonyl (C=O) groups is 3. The minimum atomic E-state index is -0.631. The van der Waals surface area contributed by atoms with Crippen LogP contribution < -0.4 is 10.6 Å². The summed E-state index contributed by atoms with van der Waals surface area (Å²) in [5.41, 5.74) is 3.81. The molecule has 3 amide bonds. The summed E-state index contributed by atoms with van der Waals surface area (Å²) in [5, 5.41) is 7.02. The first-order chi connectivity index (χ1) is 19.5. The normalized spacial score (nSPS) is 16.3. The van der Waals surface area contributed by atoms with Crippen LogP contribution >= 0.6 is 15.9 Å². The predicted octanol–water partition coefficient (Wildman–Crippen LogP) is 5.84. The largest absolute Gasteiger partial charge is 0.444 e. The third kappa shape index (κ3) is 8.83. The molecule has 1 aromatic heterocycles. The standard InChI is InChI=1S/C32H41BrN4O4/c1-21(38)34-16-15-27-26-9-5-6-10-28(26)36-30(27)23-8-7-17-37(20-23)29(39)19-25(35-31(40)41-32(2,3)4)18-22-11-13-24(33)14-12-22/h5-6,9-14,23,25,36H,7-8,15-20H2,1-4H3,(H,34,38)(H,35,40). The van der Waals surface area contributed by atoms with Crippen molar-refractivity contribution >= 4 is 44.7 Å². The highest BCUT2D eigenvalue weighted by molar-refractivity contribution is 9.10. The van der Waals surface area contributed by atoms with Gasteiger partial charge in [-0.3, -0.25) is 9.59 Å². The summed E-state index contributed by atoms with van der Waals surface area (Å²) in [5.74, 6) is 0.137. The van der Waals surface area contributed by atoms with Crippen LogP contribution in [-0.2, 0) is 27.2 Å². The molecule has 1 fully saturated rings. The number of aromatic amines is 1. The quantitative estimate of drug-likeness (QED) is 0.278. The molecule has 41 heavy (non-hydrogen) atoms. The van der Waals surface area contributed by atoms with E-state index in [9.17, 15) is 14.4 Å². The molecule has 0 bridgehead atoms. The fourth-order valence-corrected chi connectivity index (χ4v) is 5.80. The van der Waals surface area contributed by atoms with E-state index in [2.05, 4.69) is 43.7 Å². The second-order valence-electron chi connectivity index (χ2n) is 11.9. The summed E-state index contributed by atoms with van der Waals surface area (Å²) in [7, 11) is 0. The summed E-state index contributed by atoms with van der Waals surface area (Å²) in [6.45, 7) is 8.86. The Morgan fingerprint density at radius 2 is 1.85 bits per heavy atom. The lowest BCUT2D eigenvalue weighted by molar-refractivity contribution is -0.133. The van der Waals surface area contributed by atoms with E-state index in [4.69, 9.17) is 4.74 Å². The number of H-pyrrole nitrogens is 1. The van der Waals surface area contributed by atoms with E-state index in [0.29, 0.717) is 26.1 Å². The maximum Gasteiger partial charge on any atom is 0.407 e. The molecule has 0 spiro atoms. The van der Waals surface area contributed by atoms with Crippen molar-refractivity contribution < 1.29 is 19.1 Å². The molecule has 1 aliphatic heterocycles. The number of carbonyl (C=O) groups excluding carboxylic acids is 3. The summed E-state index contributed by atoms with van der Waals surface area (Å²) in [4.78, 5) is 43.4. The van der Waals surface area contributed by atoms with Gasteiger partial charge in [0.25, 0.3) is 0 Å². The molecule has 2 unspecified atom stereocenters. The Morgan fingerprint density at radius 1 is 1.12 bits per heavy atom. The first-order valence-corrected chi connectivity index (χ1v) is 15.1. The summed E-state index contributed by atoms with van der Waals surface area (Å²) in [6, 6.07) is 15.7. The fourth-order valence-electron chi connectivity index (χ4n) is 5.53. The van der Waals surface area contributed by atoms with Gasteiger partial charge in [0.05, 0.1) is 0 Å². The number of benzene rings is 2. The van der Waals surface area contributed by atoms with E-state index in [1.165, 1.54) is 12.5 Å². The number of para-hydroxylation sites is 1. The Balaban J connectivity index is 1.49. The zero-order chi connectivity index (χ0) is 29.6. The first-order valence-electron chi connectivity index (χ1n) is 14.3. The highest BCUT2D eigenvalue weighted by Gasteiger charge is 2.30. The number of piperidine rings is 1. The molecule has 0 radical (unpaired) electrons. The van der Waals surface area contributed by atoms with Crippen molar-refractivity contribution in [2.45, 2.75) is 77.4 Å². The highest BCUT2D eigenvalue weighted by atomic mass is 79.9. The monoisotopic (exact) mass is 624 g/mol. The summed E-state index contributed by atoms with van der Waals surface area (Å²) < 4.78 is 6.48. The van der Waals surface area contributed by atoms with Crippen molar-refractivity contribution in [1.29, 1.82) is 0 Å². The van der Waals surface area contributed by atoms with Crippen LogP contribution in [0.25, 0.3) is 10.9 Å². The second-order valence-corrected chi connectivity index (χ2v) is 12.8. The van der Waals surface area contributed by atoms with Gasteiger partial charge in [0.1, 0.15) is 5.60 Å². The molecule has 0 saturated carbocycles. The van der Waals surface area contributed by atoms with Gasteiger partial charge in [-0.15, -0.1) is 0 Å². The van der Waals surface area contributed by atoms with Crippen LogP contribution in [0.1, 0.15) is 69.7 Å². The average Bonchev–Trinajstić information content (AvgIpc) is 3.27. The predicted molar refractivity (Wildman–Crippen MR) is 165 cm³/mol. The lowest BCUT2D eigenvalue weighted by Crippen LogP contribution is -2.45. The molecule has 220 valence electrons. The molecule has 4 rings (SSSR count). The maximum absolute atomic E-state index is 13.7. The number of nitrogens with zero attached hydrogens (tertiary/aromatic N) is 1. The SMILES string of the molecule is CC(=O)NCCc1c(C2CCCN(C(=O)CC(Cc3ccc(Br)cc3)NC(=O)OC(C)(C)C)C2)[nH]c2ccccc12. The van der Waals surface area contributed by atoms with E-state index in [1.54, 1.807) is 0 Å². The number of likely N-dealkylation sites (tertiary alicyclic amines) is 1. The zero-order valence-corrected chi connectivity index (χ0v) is 26.0. The number of nitrogens with one attached hydrogen (secondary N) is 3. The molecule has 2 aromatic carbocycles. The average molecular weight is 626 g/mol. The maximum atomic E-state index is 13.7. The van der Waals surface area contributed by atoms with Gasteiger partial charge in [-0.2, -0.15) is 0 Å². The number of rotatable bonds is 9. The van der Waals surface area contributed by atoms with Gasteiger partial charge in [-0.05, 0) is 75.8 Å². The van der Waals surface area contributed by atoms with Gasteiger partial charge in [0.15, 0.2) is 0 Å². The van der Waals surface area contributed by atoms with Crippen molar-refractivity contribution in [3.63, 3.8) is 0 Å². The third-order valence-corrected chi connectivity index (χ3v) is 7.84. The molecule has 3 N–H and O–H groups in total. The Morgan fingerprint density at radius 3 is 2.56 bits per heavy atom. The van der Waals surface area contributed by atoms with Gasteiger partial charge in [0.2, 0.25) is 11.8 Å². The Labute approximate surface area is 250 Å². The summed E-state index contributed by atoms with van der Waals surface area (Å²) >= 11 is 3.47. The minimum Gasteiger partial charge on any atom is -0.444 e. The molecular weight excluding hydrogens is 584 g/mol. The van der Waals surface area contributed by atoms with E-state index < -0.39 is 17.7 Å². The van der Waals surface area contributed by atoms with Crippen molar-refractivity contribution in [1.82, 2.24) is 20.5 Å². The molecule has 1 saturated heterocycles. The second kappa shape index (κ2) is 13.6. The van der Waals surface area contributed by atoms with E-state index in [1.807, 2.05) is 62.1 Å². The minimum absolute atomic E-state index is 0.0174. The molecule has 8 nitrogen and oxygen atoms in total. The van der Waals surface area contributed by atoms with Crippen LogP contribution in [-0.4, -0.2) is 59.1 Å². The number of halogens is 1. The van der Waals surface area contributed by atoms with Gasteiger partial charge in [0, 0.05) is 66.0 Å². The smallest absolute Gasteiger partial charge is 0.407 e. The van der Waals surface area contributed by atoms with Gasteiger partial charge < -0.3 is 25.3 Å². The van der Waals surface area contributed by atoms with Crippen LogP contribution in [0.15, 0.2) is 53.0 Å². The molecular formula is C32H41BrN4O4. The molecule has 3 aromatic rings. The Bertz CT molecular complexity index is 1360. The molecule has 2 atom stereocenters. The first kappa shape index (κ1) is 30.6. The fraction of sp³-hybridized carbons (Fsp3) is 0.469. The van der Waals surface area contributed by atoms with Crippen molar-refractivity contribution in [3.05, 3.63) is 69.8 Å². The van der Waals surface area contributed by atoms with Crippen molar-refractivity contribution in [3.8, 4) is 0 Å². The van der Waals surface area contributed by atoms with Crippen molar-refractivity contribution in [2.24, 2.45) is 0 Å². The number of hydrogen-bond donors (Lipinski definition) is 3. The van der Waals surface area contributed by atoms with E-state index in [-0.39, 0.29) is 24.2 Å². The van der Waals surface area contributed by atoms with Crippen LogP contribution in [0.2, 0.25) is 0 Å². The van der Waals surface area contributed by atoms with Gasteiger partial charge in [-0.1, -0.05) is 46.3 Å². The van der Waals surface area contributed by atoms with Gasteiger partial charge >= 0.3 is 6.09 Å². The Kier molecular flexibility index (Phi) is 10.1. The number of aromatic nitrogens is 1. The van der Waals surface area contributed by atoms with Crippen LogP contribution in [0, 0.1) is 0 Å². The zero-order valence-electron chi connectivity index (χ0n) is 24.4. The Hall–Kier alpha value is -3.33. The lowest BCUT2D eigenvalue weighted by Gasteiger charge is -2.34.